The van der Waals surface area contributed by atoms with Crippen LogP contribution in [0.3, 0.4) is 0 Å². The molecule has 3 rings (SSSR count). The summed E-state index contributed by atoms with van der Waals surface area (Å²) in [5.41, 5.74) is 0.699. The van der Waals surface area contributed by atoms with Gasteiger partial charge in [0.2, 0.25) is 0 Å². The fourth-order valence-electron chi connectivity index (χ4n) is 2.70. The Kier molecular flexibility index (Phi) is 3.60. The summed E-state index contributed by atoms with van der Waals surface area (Å²) in [6, 6.07) is 7.47. The fraction of sp³-hybridized carbons (Fsp3) is 0.500. The van der Waals surface area contributed by atoms with E-state index in [1.165, 1.54) is 0 Å². The molecule has 4 nitrogen and oxygen atoms in total. The molecule has 1 spiro atoms. The molecule has 5 heteroatoms. The highest BCUT2D eigenvalue weighted by atomic mass is 79.9. The summed E-state index contributed by atoms with van der Waals surface area (Å²) in [5.74, 6) is -0.514. The molecule has 0 atom stereocenters. The van der Waals surface area contributed by atoms with Crippen molar-refractivity contribution >= 4 is 21.8 Å². The SMILES string of the molecule is O=C(c1cccc(Br)c1)N1CCCC2(C1)OCCO2. The van der Waals surface area contributed by atoms with Crippen LogP contribution < -0.4 is 0 Å². The number of hydrogen-bond donors (Lipinski definition) is 0. The van der Waals surface area contributed by atoms with E-state index in [0.717, 1.165) is 23.9 Å². The molecule has 2 fully saturated rings. The quantitative estimate of drug-likeness (QED) is 0.796. The molecule has 1 aromatic rings. The number of hydrogen-bond acceptors (Lipinski definition) is 3. The van der Waals surface area contributed by atoms with E-state index < -0.39 is 5.79 Å². The lowest BCUT2D eigenvalue weighted by molar-refractivity contribution is -0.183. The van der Waals surface area contributed by atoms with Crippen LogP contribution in [-0.2, 0) is 9.47 Å². The Balaban J connectivity index is 1.76. The summed E-state index contributed by atoms with van der Waals surface area (Å²) >= 11 is 3.39. The summed E-state index contributed by atoms with van der Waals surface area (Å²) in [6.45, 7) is 2.54. The molecular formula is C14H16BrNO3. The number of benzene rings is 1. The molecule has 0 radical (unpaired) electrons. The smallest absolute Gasteiger partial charge is 0.254 e. The fourth-order valence-corrected chi connectivity index (χ4v) is 3.10. The number of likely N-dealkylation sites (tertiary alicyclic amines) is 1. The Morgan fingerprint density at radius 1 is 1.32 bits per heavy atom. The topological polar surface area (TPSA) is 38.8 Å². The Bertz CT molecular complexity index is 485. The van der Waals surface area contributed by atoms with E-state index in [1.807, 2.05) is 29.2 Å². The van der Waals surface area contributed by atoms with Crippen LogP contribution in [0.5, 0.6) is 0 Å². The summed E-state index contributed by atoms with van der Waals surface area (Å²) in [6.07, 6.45) is 1.79. The number of rotatable bonds is 1. The lowest BCUT2D eigenvalue weighted by atomic mass is 10.0. The van der Waals surface area contributed by atoms with Gasteiger partial charge in [-0.15, -0.1) is 0 Å². The largest absolute Gasteiger partial charge is 0.346 e. The highest BCUT2D eigenvalue weighted by molar-refractivity contribution is 9.10. The number of carbonyl (C=O) groups excluding carboxylic acids is 1. The highest BCUT2D eigenvalue weighted by Gasteiger charge is 2.42. The van der Waals surface area contributed by atoms with Crippen molar-refractivity contribution < 1.29 is 14.3 Å². The Labute approximate surface area is 120 Å². The van der Waals surface area contributed by atoms with E-state index in [2.05, 4.69) is 15.9 Å². The Morgan fingerprint density at radius 2 is 2.11 bits per heavy atom. The molecule has 102 valence electrons. The first-order valence-electron chi connectivity index (χ1n) is 6.51. The first-order valence-corrected chi connectivity index (χ1v) is 7.31. The third-order valence-electron chi connectivity index (χ3n) is 3.59. The maximum atomic E-state index is 12.5. The maximum Gasteiger partial charge on any atom is 0.254 e. The van der Waals surface area contributed by atoms with E-state index in [0.29, 0.717) is 25.3 Å². The van der Waals surface area contributed by atoms with Gasteiger partial charge in [0.05, 0.1) is 19.8 Å². The minimum atomic E-state index is -0.556. The van der Waals surface area contributed by atoms with Crippen molar-refractivity contribution in [3.8, 4) is 0 Å². The van der Waals surface area contributed by atoms with Crippen LogP contribution in [0.15, 0.2) is 28.7 Å². The van der Waals surface area contributed by atoms with Gasteiger partial charge >= 0.3 is 0 Å². The molecule has 0 unspecified atom stereocenters. The van der Waals surface area contributed by atoms with Crippen LogP contribution in [0, 0.1) is 0 Å². The minimum absolute atomic E-state index is 0.0412. The van der Waals surface area contributed by atoms with Gasteiger partial charge in [-0.3, -0.25) is 4.79 Å². The van der Waals surface area contributed by atoms with Gasteiger partial charge in [-0.05, 0) is 24.6 Å². The molecule has 0 aliphatic carbocycles. The van der Waals surface area contributed by atoms with E-state index in [-0.39, 0.29) is 5.91 Å². The van der Waals surface area contributed by atoms with Gasteiger partial charge in [-0.2, -0.15) is 0 Å². The normalized spacial score (nSPS) is 21.8. The highest BCUT2D eigenvalue weighted by Crippen LogP contribution is 2.30. The number of piperidine rings is 1. The van der Waals surface area contributed by atoms with Crippen molar-refractivity contribution in [2.45, 2.75) is 18.6 Å². The van der Waals surface area contributed by atoms with E-state index in [9.17, 15) is 4.79 Å². The van der Waals surface area contributed by atoms with Crippen LogP contribution in [0.25, 0.3) is 0 Å². The molecule has 1 amide bonds. The first kappa shape index (κ1) is 13.1. The van der Waals surface area contributed by atoms with E-state index >= 15 is 0 Å². The second-order valence-electron chi connectivity index (χ2n) is 4.95. The van der Waals surface area contributed by atoms with Gasteiger partial charge in [0, 0.05) is 23.0 Å². The van der Waals surface area contributed by atoms with Crippen LogP contribution in [0.1, 0.15) is 23.2 Å². The number of halogens is 1. The average Bonchev–Trinajstić information content (AvgIpc) is 2.86. The molecule has 0 saturated carbocycles. The average molecular weight is 326 g/mol. The molecule has 2 heterocycles. The van der Waals surface area contributed by atoms with Crippen LogP contribution in [-0.4, -0.2) is 42.9 Å². The van der Waals surface area contributed by atoms with E-state index in [1.54, 1.807) is 0 Å². The zero-order valence-corrected chi connectivity index (χ0v) is 12.2. The van der Waals surface area contributed by atoms with Crippen LogP contribution in [0.4, 0.5) is 0 Å². The van der Waals surface area contributed by atoms with Crippen molar-refractivity contribution in [1.82, 2.24) is 4.90 Å². The molecule has 0 N–H and O–H groups in total. The van der Waals surface area contributed by atoms with Crippen molar-refractivity contribution in [2.75, 3.05) is 26.3 Å². The maximum absolute atomic E-state index is 12.5. The summed E-state index contributed by atoms with van der Waals surface area (Å²) in [7, 11) is 0. The summed E-state index contributed by atoms with van der Waals surface area (Å²) in [5, 5.41) is 0. The second kappa shape index (κ2) is 5.23. The Hall–Kier alpha value is -0.910. The molecule has 0 aromatic heterocycles. The standard InChI is InChI=1S/C14H16BrNO3/c15-12-4-1-3-11(9-12)13(17)16-6-2-5-14(10-16)18-7-8-19-14/h1,3-4,9H,2,5-8,10H2. The van der Waals surface area contributed by atoms with Gasteiger partial charge in [-0.25, -0.2) is 0 Å². The van der Waals surface area contributed by atoms with Gasteiger partial charge in [-0.1, -0.05) is 22.0 Å². The lowest BCUT2D eigenvalue weighted by Crippen LogP contribution is -2.51. The molecule has 2 aliphatic heterocycles. The number of ether oxygens (including phenoxy) is 2. The number of nitrogens with zero attached hydrogens (tertiary/aromatic N) is 1. The van der Waals surface area contributed by atoms with Crippen molar-refractivity contribution in [1.29, 1.82) is 0 Å². The lowest BCUT2D eigenvalue weighted by Gasteiger charge is -2.38. The number of amides is 1. The summed E-state index contributed by atoms with van der Waals surface area (Å²) in [4.78, 5) is 14.3. The molecule has 1 aromatic carbocycles. The molecule has 0 bridgehead atoms. The molecular weight excluding hydrogens is 310 g/mol. The molecule has 19 heavy (non-hydrogen) atoms. The monoisotopic (exact) mass is 325 g/mol. The third kappa shape index (κ3) is 2.68. The first-order chi connectivity index (χ1) is 9.19. The minimum Gasteiger partial charge on any atom is -0.346 e. The van der Waals surface area contributed by atoms with Crippen molar-refractivity contribution in [3.63, 3.8) is 0 Å². The van der Waals surface area contributed by atoms with Crippen LogP contribution in [0.2, 0.25) is 0 Å². The zero-order valence-electron chi connectivity index (χ0n) is 10.6. The van der Waals surface area contributed by atoms with Gasteiger partial charge in [0.1, 0.15) is 0 Å². The predicted octanol–water partition coefficient (Wildman–Crippen LogP) is 2.43. The van der Waals surface area contributed by atoms with Gasteiger partial charge in [0.25, 0.3) is 5.91 Å². The van der Waals surface area contributed by atoms with Gasteiger partial charge < -0.3 is 14.4 Å². The van der Waals surface area contributed by atoms with Gasteiger partial charge in [0.15, 0.2) is 5.79 Å². The third-order valence-corrected chi connectivity index (χ3v) is 4.08. The van der Waals surface area contributed by atoms with E-state index in [4.69, 9.17) is 9.47 Å². The summed E-state index contributed by atoms with van der Waals surface area (Å²) < 4.78 is 12.3. The molecule has 2 aliphatic rings. The number of carbonyl (C=O) groups is 1. The van der Waals surface area contributed by atoms with Crippen molar-refractivity contribution in [2.24, 2.45) is 0 Å². The Morgan fingerprint density at radius 3 is 2.84 bits per heavy atom. The zero-order chi connectivity index (χ0) is 13.3. The predicted molar refractivity (Wildman–Crippen MR) is 73.9 cm³/mol. The molecule has 2 saturated heterocycles. The van der Waals surface area contributed by atoms with Crippen molar-refractivity contribution in [3.05, 3.63) is 34.3 Å². The second-order valence-corrected chi connectivity index (χ2v) is 5.86. The van der Waals surface area contributed by atoms with Crippen LogP contribution >= 0.6 is 15.9 Å².